The van der Waals surface area contributed by atoms with E-state index in [0.29, 0.717) is 15.9 Å². The minimum absolute atomic E-state index is 0.510. The Labute approximate surface area is 141 Å². The van der Waals surface area contributed by atoms with E-state index in [-0.39, 0.29) is 0 Å². The van der Waals surface area contributed by atoms with Crippen molar-refractivity contribution in [3.8, 4) is 0 Å². The third-order valence-corrected chi connectivity index (χ3v) is 3.86. The molecule has 0 radical (unpaired) electrons. The van der Waals surface area contributed by atoms with Gasteiger partial charge in [-0.25, -0.2) is 9.97 Å². The fraction of sp³-hybridized carbons (Fsp3) is 0.375. The molecular weight excluding hydrogens is 319 g/mol. The summed E-state index contributed by atoms with van der Waals surface area (Å²) < 4.78 is 0. The zero-order valence-corrected chi connectivity index (χ0v) is 14.3. The van der Waals surface area contributed by atoms with Gasteiger partial charge in [0, 0.05) is 18.3 Å². The number of rotatable bonds is 7. The van der Waals surface area contributed by atoms with Crippen molar-refractivity contribution in [2.45, 2.75) is 33.1 Å². The lowest BCUT2D eigenvalue weighted by Crippen LogP contribution is -2.06. The van der Waals surface area contributed by atoms with Crippen molar-refractivity contribution in [1.29, 1.82) is 0 Å². The van der Waals surface area contributed by atoms with Crippen molar-refractivity contribution in [1.82, 2.24) is 9.97 Å². The van der Waals surface area contributed by atoms with E-state index in [4.69, 9.17) is 23.2 Å². The molecule has 2 N–H and O–H groups in total. The quantitative estimate of drug-likeness (QED) is 0.660. The molecule has 1 aromatic heterocycles. The summed E-state index contributed by atoms with van der Waals surface area (Å²) in [7, 11) is 0. The van der Waals surface area contributed by atoms with Crippen LogP contribution in [0.4, 0.5) is 17.3 Å². The normalized spacial score (nSPS) is 10.5. The molecule has 118 valence electrons. The van der Waals surface area contributed by atoms with Crippen molar-refractivity contribution in [2.75, 3.05) is 17.2 Å². The number of anilines is 3. The lowest BCUT2D eigenvalue weighted by Gasteiger charge is -2.10. The van der Waals surface area contributed by atoms with E-state index < -0.39 is 0 Å². The molecule has 1 aromatic carbocycles. The zero-order valence-electron chi connectivity index (χ0n) is 12.8. The Kier molecular flexibility index (Phi) is 6.28. The van der Waals surface area contributed by atoms with Crippen molar-refractivity contribution < 1.29 is 0 Å². The van der Waals surface area contributed by atoms with Gasteiger partial charge in [0.15, 0.2) is 0 Å². The van der Waals surface area contributed by atoms with Gasteiger partial charge in [0.1, 0.15) is 17.5 Å². The van der Waals surface area contributed by atoms with E-state index in [2.05, 4.69) is 27.5 Å². The number of nitrogens with zero attached hydrogens (tertiary/aromatic N) is 2. The van der Waals surface area contributed by atoms with E-state index in [9.17, 15) is 0 Å². The van der Waals surface area contributed by atoms with E-state index >= 15 is 0 Å². The second-order valence-electron chi connectivity index (χ2n) is 5.07. The minimum atomic E-state index is 0.510. The third kappa shape index (κ3) is 5.04. The number of unbranched alkanes of at least 4 members (excludes halogenated alkanes) is 2. The number of halogens is 2. The molecule has 0 unspecified atom stereocenters. The maximum Gasteiger partial charge on any atom is 0.136 e. The molecule has 6 heteroatoms. The fourth-order valence-electron chi connectivity index (χ4n) is 2.04. The highest BCUT2D eigenvalue weighted by molar-refractivity contribution is 6.42. The van der Waals surface area contributed by atoms with Crippen LogP contribution in [0.2, 0.25) is 10.0 Å². The number of hydrogen-bond donors (Lipinski definition) is 2. The smallest absolute Gasteiger partial charge is 0.136 e. The van der Waals surface area contributed by atoms with Crippen molar-refractivity contribution in [3.05, 3.63) is 40.1 Å². The molecule has 0 atom stereocenters. The van der Waals surface area contributed by atoms with Crippen LogP contribution in [0.15, 0.2) is 24.3 Å². The van der Waals surface area contributed by atoms with Gasteiger partial charge in [-0.05, 0) is 31.5 Å². The molecule has 0 saturated heterocycles. The first-order chi connectivity index (χ1) is 10.6. The van der Waals surface area contributed by atoms with Gasteiger partial charge in [-0.2, -0.15) is 0 Å². The lowest BCUT2D eigenvalue weighted by atomic mass is 10.2. The minimum Gasteiger partial charge on any atom is -0.370 e. The van der Waals surface area contributed by atoms with Crippen LogP contribution in [0.5, 0.6) is 0 Å². The summed E-state index contributed by atoms with van der Waals surface area (Å²) in [4.78, 5) is 8.78. The number of aromatic nitrogens is 2. The fourth-order valence-corrected chi connectivity index (χ4v) is 2.33. The first kappa shape index (κ1) is 16.8. The van der Waals surface area contributed by atoms with Crippen LogP contribution in [0.3, 0.4) is 0 Å². The molecule has 0 bridgehead atoms. The van der Waals surface area contributed by atoms with Crippen molar-refractivity contribution in [3.63, 3.8) is 0 Å². The molecule has 4 nitrogen and oxygen atoms in total. The van der Waals surface area contributed by atoms with Crippen LogP contribution in [0, 0.1) is 6.92 Å². The number of aryl methyl sites for hydroxylation is 1. The van der Waals surface area contributed by atoms with Gasteiger partial charge < -0.3 is 10.6 Å². The predicted octanol–water partition coefficient (Wildman–Crippen LogP) is 5.44. The van der Waals surface area contributed by atoms with Crippen LogP contribution >= 0.6 is 23.2 Å². The molecule has 0 spiro atoms. The van der Waals surface area contributed by atoms with Gasteiger partial charge in [-0.15, -0.1) is 0 Å². The van der Waals surface area contributed by atoms with Gasteiger partial charge in [0.2, 0.25) is 0 Å². The summed E-state index contributed by atoms with van der Waals surface area (Å²) in [6, 6.07) is 7.28. The van der Waals surface area contributed by atoms with Gasteiger partial charge in [0.05, 0.1) is 10.0 Å². The third-order valence-electron chi connectivity index (χ3n) is 3.12. The Hall–Kier alpha value is -1.52. The second kappa shape index (κ2) is 8.20. The molecule has 0 aliphatic heterocycles. The summed E-state index contributed by atoms with van der Waals surface area (Å²) in [6.07, 6.45) is 3.55. The van der Waals surface area contributed by atoms with Crippen LogP contribution < -0.4 is 10.6 Å². The molecule has 1 heterocycles. The van der Waals surface area contributed by atoms with E-state index in [1.54, 1.807) is 12.1 Å². The highest BCUT2D eigenvalue weighted by Gasteiger charge is 2.04. The van der Waals surface area contributed by atoms with Gasteiger partial charge in [0.25, 0.3) is 0 Å². The standard InChI is InChI=1S/C16H20Cl2N4/c1-3-4-5-8-19-15-10-16(21-11(2)20-15)22-12-6-7-13(17)14(18)9-12/h6-7,9-10H,3-5,8H2,1-2H3,(H2,19,20,21,22). The average molecular weight is 339 g/mol. The van der Waals surface area contributed by atoms with Crippen LogP contribution in [0.25, 0.3) is 0 Å². The maximum atomic E-state index is 6.02. The van der Waals surface area contributed by atoms with Crippen LogP contribution in [-0.4, -0.2) is 16.5 Å². The molecule has 0 amide bonds. The Morgan fingerprint density at radius 3 is 2.50 bits per heavy atom. The Morgan fingerprint density at radius 1 is 1.00 bits per heavy atom. The van der Waals surface area contributed by atoms with E-state index in [0.717, 1.165) is 30.3 Å². The molecule has 0 fully saturated rings. The SMILES string of the molecule is CCCCCNc1cc(Nc2ccc(Cl)c(Cl)c2)nc(C)n1. The van der Waals surface area contributed by atoms with Crippen molar-refractivity contribution in [2.24, 2.45) is 0 Å². The molecule has 0 saturated carbocycles. The van der Waals surface area contributed by atoms with Crippen molar-refractivity contribution >= 4 is 40.5 Å². The first-order valence-corrected chi connectivity index (χ1v) is 8.15. The molecule has 22 heavy (non-hydrogen) atoms. The summed E-state index contributed by atoms with van der Waals surface area (Å²) in [5, 5.41) is 7.59. The predicted molar refractivity (Wildman–Crippen MR) is 94.5 cm³/mol. The molecule has 0 aliphatic rings. The van der Waals surface area contributed by atoms with Crippen LogP contribution in [-0.2, 0) is 0 Å². The summed E-state index contributed by atoms with van der Waals surface area (Å²) in [6.45, 7) is 4.97. The number of nitrogens with one attached hydrogen (secondary N) is 2. The molecule has 0 aliphatic carbocycles. The second-order valence-corrected chi connectivity index (χ2v) is 5.89. The monoisotopic (exact) mass is 338 g/mol. The molecular formula is C16H20Cl2N4. The number of benzene rings is 1. The maximum absolute atomic E-state index is 6.02. The average Bonchev–Trinajstić information content (AvgIpc) is 2.47. The van der Waals surface area contributed by atoms with Gasteiger partial charge >= 0.3 is 0 Å². The molecule has 2 aromatic rings. The topological polar surface area (TPSA) is 49.8 Å². The lowest BCUT2D eigenvalue weighted by molar-refractivity contribution is 0.742. The Bertz CT molecular complexity index is 632. The largest absolute Gasteiger partial charge is 0.370 e. The van der Waals surface area contributed by atoms with Gasteiger partial charge in [-0.1, -0.05) is 43.0 Å². The number of hydrogen-bond acceptors (Lipinski definition) is 4. The van der Waals surface area contributed by atoms with Gasteiger partial charge in [-0.3, -0.25) is 0 Å². The molecule has 2 rings (SSSR count). The highest BCUT2D eigenvalue weighted by atomic mass is 35.5. The first-order valence-electron chi connectivity index (χ1n) is 7.40. The zero-order chi connectivity index (χ0) is 15.9. The summed E-state index contributed by atoms with van der Waals surface area (Å²) in [5.74, 6) is 2.26. The Morgan fingerprint density at radius 2 is 1.77 bits per heavy atom. The van der Waals surface area contributed by atoms with E-state index in [1.807, 2.05) is 19.1 Å². The summed E-state index contributed by atoms with van der Waals surface area (Å²) >= 11 is 11.9. The van der Waals surface area contributed by atoms with E-state index in [1.165, 1.54) is 12.8 Å². The Balaban J connectivity index is 2.06. The van der Waals surface area contributed by atoms with Crippen LogP contribution in [0.1, 0.15) is 32.0 Å². The summed E-state index contributed by atoms with van der Waals surface area (Å²) in [5.41, 5.74) is 0.837. The highest BCUT2D eigenvalue weighted by Crippen LogP contribution is 2.27.